The van der Waals surface area contributed by atoms with E-state index < -0.39 is 23.3 Å². The maximum absolute atomic E-state index is 13.1. The Labute approximate surface area is 167 Å². The first kappa shape index (κ1) is 19.6. The molecule has 0 aliphatic carbocycles. The van der Waals surface area contributed by atoms with Crippen LogP contribution in [0.2, 0.25) is 5.02 Å². The summed E-state index contributed by atoms with van der Waals surface area (Å²) in [5.41, 5.74) is 0.739. The zero-order valence-electron chi connectivity index (χ0n) is 15.2. The molecule has 0 saturated heterocycles. The SMILES string of the molecule is C[C@@H](NC(=O)[C@H](C(=O)c1ccccc1)n1cc(Cl)ccc1=O)c1ccccc1. The molecule has 0 radical (unpaired) electrons. The highest BCUT2D eigenvalue weighted by atomic mass is 35.5. The van der Waals surface area contributed by atoms with Gasteiger partial charge in [0.25, 0.3) is 11.5 Å². The van der Waals surface area contributed by atoms with Crippen molar-refractivity contribution in [2.75, 3.05) is 0 Å². The smallest absolute Gasteiger partial charge is 0.251 e. The Morgan fingerprint density at radius 3 is 2.18 bits per heavy atom. The van der Waals surface area contributed by atoms with E-state index in [1.54, 1.807) is 30.3 Å². The molecule has 3 rings (SSSR count). The molecule has 0 bridgehead atoms. The van der Waals surface area contributed by atoms with E-state index in [1.165, 1.54) is 18.3 Å². The number of Topliss-reactive ketones (excluding diaryl/α,β-unsaturated/α-hetero) is 1. The number of carbonyl (C=O) groups excluding carboxylic acids is 2. The molecule has 0 unspecified atom stereocenters. The Morgan fingerprint density at radius 2 is 1.54 bits per heavy atom. The molecule has 1 heterocycles. The van der Waals surface area contributed by atoms with Gasteiger partial charge in [-0.2, -0.15) is 0 Å². The third-order valence-corrected chi connectivity index (χ3v) is 4.62. The largest absolute Gasteiger partial charge is 0.347 e. The highest BCUT2D eigenvalue weighted by molar-refractivity contribution is 6.30. The fraction of sp³-hybridized carbons (Fsp3) is 0.136. The lowest BCUT2D eigenvalue weighted by molar-refractivity contribution is -0.123. The van der Waals surface area contributed by atoms with Gasteiger partial charge in [-0.05, 0) is 18.6 Å². The van der Waals surface area contributed by atoms with Crippen molar-refractivity contribution in [3.63, 3.8) is 0 Å². The number of nitrogens with zero attached hydrogens (tertiary/aromatic N) is 1. The molecule has 2 atom stereocenters. The molecule has 5 nitrogen and oxygen atoms in total. The number of hydrogen-bond donors (Lipinski definition) is 1. The van der Waals surface area contributed by atoms with E-state index in [4.69, 9.17) is 11.6 Å². The van der Waals surface area contributed by atoms with E-state index in [9.17, 15) is 14.4 Å². The van der Waals surface area contributed by atoms with Gasteiger partial charge in [0, 0.05) is 17.8 Å². The molecule has 0 aliphatic rings. The summed E-state index contributed by atoms with van der Waals surface area (Å²) in [6, 6.07) is 18.7. The Morgan fingerprint density at radius 1 is 0.929 bits per heavy atom. The Balaban J connectivity index is 1.98. The van der Waals surface area contributed by atoms with E-state index in [1.807, 2.05) is 37.3 Å². The molecule has 142 valence electrons. The maximum atomic E-state index is 13.1. The number of hydrogen-bond acceptors (Lipinski definition) is 3. The normalized spacial score (nSPS) is 12.8. The van der Waals surface area contributed by atoms with E-state index in [2.05, 4.69) is 5.32 Å². The fourth-order valence-corrected chi connectivity index (χ4v) is 3.10. The zero-order chi connectivity index (χ0) is 20.1. The van der Waals surface area contributed by atoms with Gasteiger partial charge in [-0.3, -0.25) is 19.0 Å². The minimum atomic E-state index is -1.36. The van der Waals surface area contributed by atoms with Crippen molar-refractivity contribution < 1.29 is 9.59 Å². The summed E-state index contributed by atoms with van der Waals surface area (Å²) in [6.45, 7) is 1.82. The van der Waals surface area contributed by atoms with Crippen molar-refractivity contribution in [2.45, 2.75) is 19.0 Å². The molecule has 0 aliphatic heterocycles. The lowest BCUT2D eigenvalue weighted by Crippen LogP contribution is -2.42. The highest BCUT2D eigenvalue weighted by Gasteiger charge is 2.31. The van der Waals surface area contributed by atoms with Gasteiger partial charge >= 0.3 is 0 Å². The summed E-state index contributed by atoms with van der Waals surface area (Å²) in [7, 11) is 0. The van der Waals surface area contributed by atoms with Crippen LogP contribution in [-0.2, 0) is 4.79 Å². The van der Waals surface area contributed by atoms with Crippen LogP contribution >= 0.6 is 11.6 Å². The number of pyridine rings is 1. The number of nitrogens with one attached hydrogen (secondary N) is 1. The molecule has 0 spiro atoms. The van der Waals surface area contributed by atoms with Crippen LogP contribution in [0.15, 0.2) is 83.8 Å². The van der Waals surface area contributed by atoms with Crippen LogP contribution in [-0.4, -0.2) is 16.3 Å². The first-order valence-electron chi connectivity index (χ1n) is 8.79. The fourth-order valence-electron chi connectivity index (χ4n) is 2.93. The standard InChI is InChI=1S/C22H19ClN2O3/c1-15(16-8-4-2-5-9-16)24-22(28)20(21(27)17-10-6-3-7-11-17)25-14-18(23)12-13-19(25)26/h2-15,20H,1H3,(H,24,28)/t15-,20+/m1/s1. The van der Waals surface area contributed by atoms with Crippen molar-refractivity contribution in [3.8, 4) is 0 Å². The van der Waals surface area contributed by atoms with Crippen molar-refractivity contribution in [1.82, 2.24) is 9.88 Å². The predicted molar refractivity (Wildman–Crippen MR) is 109 cm³/mol. The van der Waals surface area contributed by atoms with E-state index in [0.717, 1.165) is 10.1 Å². The summed E-state index contributed by atoms with van der Waals surface area (Å²) in [5, 5.41) is 3.09. The summed E-state index contributed by atoms with van der Waals surface area (Å²) >= 11 is 6.02. The minimum Gasteiger partial charge on any atom is -0.347 e. The van der Waals surface area contributed by atoms with E-state index >= 15 is 0 Å². The average molecular weight is 395 g/mol. The van der Waals surface area contributed by atoms with Crippen molar-refractivity contribution in [1.29, 1.82) is 0 Å². The van der Waals surface area contributed by atoms with Gasteiger partial charge < -0.3 is 5.32 Å². The van der Waals surface area contributed by atoms with Crippen LogP contribution in [0.4, 0.5) is 0 Å². The van der Waals surface area contributed by atoms with Crippen LogP contribution < -0.4 is 10.9 Å². The summed E-state index contributed by atoms with van der Waals surface area (Å²) in [6.07, 6.45) is 1.31. The second kappa shape index (κ2) is 8.67. The van der Waals surface area contributed by atoms with Gasteiger partial charge in [0.2, 0.25) is 0 Å². The summed E-state index contributed by atoms with van der Waals surface area (Å²) in [4.78, 5) is 38.6. The van der Waals surface area contributed by atoms with Crippen LogP contribution in [0.1, 0.15) is 34.9 Å². The molecular weight excluding hydrogens is 376 g/mol. The van der Waals surface area contributed by atoms with E-state index in [-0.39, 0.29) is 11.1 Å². The third-order valence-electron chi connectivity index (χ3n) is 4.39. The monoisotopic (exact) mass is 394 g/mol. The number of benzene rings is 2. The molecule has 28 heavy (non-hydrogen) atoms. The average Bonchev–Trinajstić information content (AvgIpc) is 2.72. The lowest BCUT2D eigenvalue weighted by Gasteiger charge is -2.22. The number of amides is 1. The van der Waals surface area contributed by atoms with Crippen LogP contribution in [0.5, 0.6) is 0 Å². The van der Waals surface area contributed by atoms with Gasteiger partial charge in [-0.25, -0.2) is 0 Å². The van der Waals surface area contributed by atoms with Gasteiger partial charge in [0.05, 0.1) is 11.1 Å². The number of rotatable bonds is 6. The Kier molecular flexibility index (Phi) is 6.06. The van der Waals surface area contributed by atoms with Crippen molar-refractivity contribution in [2.24, 2.45) is 0 Å². The maximum Gasteiger partial charge on any atom is 0.251 e. The second-order valence-corrected chi connectivity index (χ2v) is 6.80. The quantitative estimate of drug-likeness (QED) is 0.510. The van der Waals surface area contributed by atoms with Crippen LogP contribution in [0.25, 0.3) is 0 Å². The predicted octanol–water partition coefficient (Wildman–Crippen LogP) is 3.80. The summed E-state index contributed by atoms with van der Waals surface area (Å²) in [5.74, 6) is -1.06. The topological polar surface area (TPSA) is 68.2 Å². The first-order chi connectivity index (χ1) is 13.5. The minimum absolute atomic E-state index is 0.259. The Bertz CT molecular complexity index is 1030. The lowest BCUT2D eigenvalue weighted by atomic mass is 10.0. The van der Waals surface area contributed by atoms with Gasteiger partial charge in [0.15, 0.2) is 11.8 Å². The second-order valence-electron chi connectivity index (χ2n) is 6.37. The number of aromatic nitrogens is 1. The molecule has 1 aromatic heterocycles. The summed E-state index contributed by atoms with van der Waals surface area (Å²) < 4.78 is 1.07. The number of carbonyl (C=O) groups is 2. The first-order valence-corrected chi connectivity index (χ1v) is 9.17. The van der Waals surface area contributed by atoms with E-state index in [0.29, 0.717) is 5.56 Å². The van der Waals surface area contributed by atoms with Crippen LogP contribution in [0, 0.1) is 0 Å². The number of halogens is 1. The molecule has 6 heteroatoms. The van der Waals surface area contributed by atoms with Gasteiger partial charge in [-0.1, -0.05) is 72.3 Å². The molecule has 2 aromatic carbocycles. The zero-order valence-corrected chi connectivity index (χ0v) is 16.0. The molecule has 0 fully saturated rings. The van der Waals surface area contributed by atoms with Crippen molar-refractivity contribution >= 4 is 23.3 Å². The number of ketones is 1. The molecule has 3 aromatic rings. The molecule has 1 amide bonds. The van der Waals surface area contributed by atoms with Gasteiger partial charge in [0.1, 0.15) is 0 Å². The third kappa shape index (κ3) is 4.38. The molecule has 0 saturated carbocycles. The molecular formula is C22H19ClN2O3. The van der Waals surface area contributed by atoms with Gasteiger partial charge in [-0.15, -0.1) is 0 Å². The van der Waals surface area contributed by atoms with Crippen molar-refractivity contribution in [3.05, 3.63) is 105 Å². The highest BCUT2D eigenvalue weighted by Crippen LogP contribution is 2.18. The molecule has 1 N–H and O–H groups in total. The Hall–Kier alpha value is -3.18. The van der Waals surface area contributed by atoms with Crippen LogP contribution in [0.3, 0.4) is 0 Å².